The van der Waals surface area contributed by atoms with Crippen molar-refractivity contribution in [2.45, 2.75) is 63.8 Å². The number of hydrogen-bond acceptors (Lipinski definition) is 6. The zero-order valence-corrected chi connectivity index (χ0v) is 26.2. The second-order valence-corrected chi connectivity index (χ2v) is 14.4. The van der Waals surface area contributed by atoms with E-state index in [1.165, 1.54) is 0 Å². The average Bonchev–Trinajstić information content (AvgIpc) is 3.21. The van der Waals surface area contributed by atoms with Gasteiger partial charge in [0.15, 0.2) is 0 Å². The van der Waals surface area contributed by atoms with E-state index in [2.05, 4.69) is 49.6 Å². The van der Waals surface area contributed by atoms with Crippen molar-refractivity contribution in [3.8, 4) is 5.75 Å². The number of rotatable bonds is 9. The predicted octanol–water partition coefficient (Wildman–Crippen LogP) is 8.35. The molecule has 3 aromatic carbocycles. The third kappa shape index (κ3) is 6.75. The summed E-state index contributed by atoms with van der Waals surface area (Å²) in [7, 11) is 0. The Morgan fingerprint density at radius 3 is 2.43 bits per heavy atom. The highest BCUT2D eigenvalue weighted by Crippen LogP contribution is 2.44. The van der Waals surface area contributed by atoms with Crippen LogP contribution in [0.5, 0.6) is 5.75 Å². The van der Waals surface area contributed by atoms with Crippen LogP contribution in [0.25, 0.3) is 21.8 Å². The van der Waals surface area contributed by atoms with Crippen LogP contribution in [0.15, 0.2) is 83.8 Å². The van der Waals surface area contributed by atoms with Crippen molar-refractivity contribution in [2.24, 2.45) is 11.3 Å². The minimum atomic E-state index is -0.838. The summed E-state index contributed by atoms with van der Waals surface area (Å²) in [6.45, 7) is 11.3. The molecule has 218 valence electrons. The standard InChI is InChI=1S/C34H36ClN3O3S/c1-33(2,3)42-31-27-18-26(40-21-25-15-12-23-8-6-7-9-28(23)37-25)16-17-29(27)38(20-22-10-13-24(35)14-11-22)30(31)19-34(4,5)32(39)41-36/h6-18H,19-21,36H2,1-5H3. The van der Waals surface area contributed by atoms with Crippen LogP contribution in [0.2, 0.25) is 5.02 Å². The van der Waals surface area contributed by atoms with Crippen molar-refractivity contribution >= 4 is 51.1 Å². The largest absolute Gasteiger partial charge is 0.487 e. The van der Waals surface area contributed by atoms with Gasteiger partial charge in [0, 0.05) is 49.6 Å². The number of ether oxygens (including phenoxy) is 1. The third-order valence-electron chi connectivity index (χ3n) is 7.07. The molecule has 2 heterocycles. The lowest BCUT2D eigenvalue weighted by molar-refractivity contribution is -0.154. The first-order valence-electron chi connectivity index (χ1n) is 13.9. The Balaban J connectivity index is 1.59. The second kappa shape index (κ2) is 12.0. The first-order valence-corrected chi connectivity index (χ1v) is 15.1. The molecule has 0 bridgehead atoms. The molecule has 0 saturated carbocycles. The van der Waals surface area contributed by atoms with Gasteiger partial charge in [-0.1, -0.05) is 68.8 Å². The number of hydrogen-bond donors (Lipinski definition) is 1. The van der Waals surface area contributed by atoms with Crippen LogP contribution < -0.4 is 10.6 Å². The first-order chi connectivity index (χ1) is 19.9. The number of para-hydroxylation sites is 1. The Labute approximate surface area is 256 Å². The number of benzene rings is 3. The molecule has 0 fully saturated rings. The normalized spacial score (nSPS) is 12.2. The van der Waals surface area contributed by atoms with Crippen molar-refractivity contribution in [2.75, 3.05) is 0 Å². The SMILES string of the molecule is CC(C)(C)Sc1c(CC(C)(C)C(=O)ON)n(Cc2ccc(Cl)cc2)c2ccc(OCc3ccc4ccccc4n3)cc12. The van der Waals surface area contributed by atoms with Gasteiger partial charge in [0.2, 0.25) is 0 Å². The van der Waals surface area contributed by atoms with Crippen LogP contribution in [-0.2, 0) is 29.2 Å². The number of pyridine rings is 1. The lowest BCUT2D eigenvalue weighted by atomic mass is 9.88. The molecule has 0 aliphatic heterocycles. The van der Waals surface area contributed by atoms with Gasteiger partial charge < -0.3 is 14.1 Å². The van der Waals surface area contributed by atoms with Gasteiger partial charge in [-0.2, -0.15) is 5.90 Å². The third-order valence-corrected chi connectivity index (χ3v) is 8.59. The van der Waals surface area contributed by atoms with Gasteiger partial charge in [-0.05, 0) is 61.9 Å². The van der Waals surface area contributed by atoms with E-state index >= 15 is 0 Å². The topological polar surface area (TPSA) is 79.4 Å². The summed E-state index contributed by atoms with van der Waals surface area (Å²) < 4.78 is 8.48. The molecule has 0 aliphatic rings. The molecular formula is C34H36ClN3O3S. The van der Waals surface area contributed by atoms with Gasteiger partial charge in [-0.15, -0.1) is 11.8 Å². The summed E-state index contributed by atoms with van der Waals surface area (Å²) in [6, 6.07) is 26.2. The molecule has 0 unspecified atom stereocenters. The maximum atomic E-state index is 12.7. The molecule has 0 aliphatic carbocycles. The van der Waals surface area contributed by atoms with E-state index in [1.807, 2.05) is 68.4 Å². The van der Waals surface area contributed by atoms with Crippen LogP contribution in [0.3, 0.4) is 0 Å². The van der Waals surface area contributed by atoms with Crippen LogP contribution in [0.1, 0.15) is 51.6 Å². The molecule has 0 atom stereocenters. The Morgan fingerprint density at radius 2 is 1.71 bits per heavy atom. The van der Waals surface area contributed by atoms with Crippen LogP contribution in [0, 0.1) is 5.41 Å². The summed E-state index contributed by atoms with van der Waals surface area (Å²) >= 11 is 7.97. The summed E-state index contributed by atoms with van der Waals surface area (Å²) in [5.74, 6) is 5.64. The predicted molar refractivity (Wildman–Crippen MR) is 172 cm³/mol. The van der Waals surface area contributed by atoms with Gasteiger partial charge >= 0.3 is 5.97 Å². The van der Waals surface area contributed by atoms with Gasteiger partial charge in [0.1, 0.15) is 12.4 Å². The van der Waals surface area contributed by atoms with Crippen molar-refractivity contribution < 1.29 is 14.4 Å². The zero-order valence-electron chi connectivity index (χ0n) is 24.6. The Kier molecular flexibility index (Phi) is 8.56. The quantitative estimate of drug-likeness (QED) is 0.135. The summed E-state index contributed by atoms with van der Waals surface area (Å²) in [5, 5.41) is 2.86. The highest BCUT2D eigenvalue weighted by atomic mass is 35.5. The lowest BCUT2D eigenvalue weighted by Gasteiger charge is -2.25. The van der Waals surface area contributed by atoms with Crippen molar-refractivity contribution in [1.29, 1.82) is 0 Å². The van der Waals surface area contributed by atoms with Crippen molar-refractivity contribution in [3.05, 3.63) is 101 Å². The molecule has 5 rings (SSSR count). The minimum absolute atomic E-state index is 0.0848. The number of carbonyl (C=O) groups excluding carboxylic acids is 1. The molecule has 0 amide bonds. The zero-order chi connectivity index (χ0) is 30.1. The Morgan fingerprint density at radius 1 is 0.976 bits per heavy atom. The van der Waals surface area contributed by atoms with Gasteiger partial charge in [0.25, 0.3) is 0 Å². The molecule has 2 N–H and O–H groups in total. The maximum Gasteiger partial charge on any atom is 0.330 e. The van der Waals surface area contributed by atoms with E-state index in [1.54, 1.807) is 11.8 Å². The smallest absolute Gasteiger partial charge is 0.330 e. The molecule has 0 spiro atoms. The minimum Gasteiger partial charge on any atom is -0.487 e. The lowest BCUT2D eigenvalue weighted by Crippen LogP contribution is -2.32. The van der Waals surface area contributed by atoms with E-state index in [0.717, 1.165) is 49.4 Å². The van der Waals surface area contributed by atoms with E-state index in [9.17, 15) is 4.79 Å². The summed E-state index contributed by atoms with van der Waals surface area (Å²) in [4.78, 5) is 23.3. The van der Waals surface area contributed by atoms with E-state index in [-0.39, 0.29) is 4.75 Å². The molecular weight excluding hydrogens is 566 g/mol. The second-order valence-electron chi connectivity index (χ2n) is 12.1. The highest BCUT2D eigenvalue weighted by Gasteiger charge is 2.34. The Hall–Kier alpha value is -3.52. The number of nitrogens with two attached hydrogens (primary N) is 1. The van der Waals surface area contributed by atoms with Crippen LogP contribution in [-0.4, -0.2) is 20.3 Å². The first kappa shape index (κ1) is 30.0. The molecule has 0 radical (unpaired) electrons. The molecule has 42 heavy (non-hydrogen) atoms. The average molecular weight is 602 g/mol. The molecule has 5 aromatic rings. The number of carbonyl (C=O) groups is 1. The molecule has 2 aromatic heterocycles. The number of nitrogens with zero attached hydrogens (tertiary/aromatic N) is 2. The highest BCUT2D eigenvalue weighted by molar-refractivity contribution is 8.00. The number of thioether (sulfide) groups is 1. The molecule has 8 heteroatoms. The molecule has 0 saturated heterocycles. The fraction of sp³-hybridized carbons (Fsp3) is 0.294. The van der Waals surface area contributed by atoms with Gasteiger partial charge in [0.05, 0.1) is 16.6 Å². The van der Waals surface area contributed by atoms with E-state index in [0.29, 0.717) is 24.6 Å². The van der Waals surface area contributed by atoms with Crippen LogP contribution >= 0.6 is 23.4 Å². The van der Waals surface area contributed by atoms with E-state index in [4.69, 9.17) is 32.1 Å². The summed E-state index contributed by atoms with van der Waals surface area (Å²) in [6.07, 6.45) is 0.445. The van der Waals surface area contributed by atoms with Crippen molar-refractivity contribution in [1.82, 2.24) is 9.55 Å². The fourth-order valence-electron chi connectivity index (χ4n) is 4.99. The van der Waals surface area contributed by atoms with Crippen LogP contribution in [0.4, 0.5) is 0 Å². The van der Waals surface area contributed by atoms with Crippen molar-refractivity contribution in [3.63, 3.8) is 0 Å². The van der Waals surface area contributed by atoms with E-state index < -0.39 is 11.4 Å². The Bertz CT molecular complexity index is 1740. The number of aromatic nitrogens is 2. The number of fused-ring (bicyclic) bond motifs is 2. The monoisotopic (exact) mass is 601 g/mol. The number of halogens is 1. The van der Waals surface area contributed by atoms with Gasteiger partial charge in [-0.25, -0.2) is 9.78 Å². The van der Waals surface area contributed by atoms with Gasteiger partial charge in [-0.3, -0.25) is 0 Å². The fourth-order valence-corrected chi connectivity index (χ4v) is 6.30. The molecule has 6 nitrogen and oxygen atoms in total. The maximum absolute atomic E-state index is 12.7. The summed E-state index contributed by atoms with van der Waals surface area (Å²) in [5.41, 5.74) is 4.17.